The van der Waals surface area contributed by atoms with Gasteiger partial charge >= 0.3 is 5.97 Å². The quantitative estimate of drug-likeness (QED) is 0.488. The van der Waals surface area contributed by atoms with E-state index in [2.05, 4.69) is 5.32 Å². The van der Waals surface area contributed by atoms with Gasteiger partial charge in [0.25, 0.3) is 5.91 Å². The van der Waals surface area contributed by atoms with Crippen molar-refractivity contribution >= 4 is 22.8 Å². The van der Waals surface area contributed by atoms with E-state index in [4.69, 9.17) is 13.9 Å². The monoisotopic (exact) mass is 395 g/mol. The van der Waals surface area contributed by atoms with Gasteiger partial charge in [0.15, 0.2) is 17.6 Å². The van der Waals surface area contributed by atoms with Gasteiger partial charge in [-0.05, 0) is 19.1 Å². The Morgan fingerprint density at radius 3 is 2.55 bits per heavy atom. The summed E-state index contributed by atoms with van der Waals surface area (Å²) in [6.07, 6.45) is 0. The fourth-order valence-electron chi connectivity index (χ4n) is 2.89. The summed E-state index contributed by atoms with van der Waals surface area (Å²) in [7, 11) is 1.52. The second-order valence-electron chi connectivity index (χ2n) is 6.35. The van der Waals surface area contributed by atoms with E-state index < -0.39 is 18.5 Å². The molecule has 0 aliphatic carbocycles. The molecular formula is C22H21NO6. The van der Waals surface area contributed by atoms with Gasteiger partial charge in [0.2, 0.25) is 0 Å². The van der Waals surface area contributed by atoms with Crippen LogP contribution in [0, 0.1) is 6.92 Å². The molecule has 0 unspecified atom stereocenters. The van der Waals surface area contributed by atoms with Gasteiger partial charge in [-0.15, -0.1) is 0 Å². The van der Waals surface area contributed by atoms with E-state index in [0.717, 1.165) is 5.56 Å². The number of ether oxygens (including phenoxy) is 2. The first-order valence-electron chi connectivity index (χ1n) is 9.07. The third-order valence-corrected chi connectivity index (χ3v) is 4.36. The van der Waals surface area contributed by atoms with Crippen LogP contribution in [0.3, 0.4) is 0 Å². The number of esters is 1. The van der Waals surface area contributed by atoms with Crippen molar-refractivity contribution < 1.29 is 23.5 Å². The molecule has 0 atom stereocenters. The number of para-hydroxylation sites is 1. The zero-order chi connectivity index (χ0) is 20.8. The average molecular weight is 395 g/mol. The fraction of sp³-hybridized carbons (Fsp3) is 0.227. The van der Waals surface area contributed by atoms with Crippen LogP contribution in [0.1, 0.15) is 15.9 Å². The minimum Gasteiger partial charge on any atom is -0.455 e. The molecule has 7 nitrogen and oxygen atoms in total. The minimum atomic E-state index is -0.747. The Morgan fingerprint density at radius 1 is 1.07 bits per heavy atom. The molecule has 3 aromatic rings. The Morgan fingerprint density at radius 2 is 1.83 bits per heavy atom. The summed E-state index contributed by atoms with van der Waals surface area (Å²) < 4.78 is 15.9. The van der Waals surface area contributed by atoms with Crippen LogP contribution >= 0.6 is 0 Å². The summed E-state index contributed by atoms with van der Waals surface area (Å²) in [5.41, 5.74) is 1.17. The summed E-state index contributed by atoms with van der Waals surface area (Å²) in [5.74, 6) is -0.804. The molecule has 3 rings (SSSR count). The first-order chi connectivity index (χ1) is 14.0. The van der Waals surface area contributed by atoms with E-state index >= 15 is 0 Å². The topological polar surface area (TPSA) is 94.8 Å². The number of hydrogen-bond donors (Lipinski definition) is 1. The molecule has 150 valence electrons. The van der Waals surface area contributed by atoms with E-state index in [0.29, 0.717) is 24.5 Å². The molecule has 0 saturated carbocycles. The highest BCUT2D eigenvalue weighted by atomic mass is 16.5. The van der Waals surface area contributed by atoms with E-state index in [-0.39, 0.29) is 22.0 Å². The molecule has 0 radical (unpaired) electrons. The lowest BCUT2D eigenvalue weighted by atomic mass is 10.0. The van der Waals surface area contributed by atoms with Gasteiger partial charge < -0.3 is 19.2 Å². The molecule has 1 aromatic heterocycles. The highest BCUT2D eigenvalue weighted by Crippen LogP contribution is 2.27. The van der Waals surface area contributed by atoms with Gasteiger partial charge in [-0.1, -0.05) is 36.4 Å². The molecule has 0 aliphatic rings. The number of benzene rings is 2. The lowest BCUT2D eigenvalue weighted by molar-refractivity contribution is -0.124. The zero-order valence-corrected chi connectivity index (χ0v) is 16.2. The van der Waals surface area contributed by atoms with Crippen LogP contribution in [0.2, 0.25) is 0 Å². The van der Waals surface area contributed by atoms with Gasteiger partial charge in [-0.25, -0.2) is 4.79 Å². The predicted molar refractivity (Wildman–Crippen MR) is 108 cm³/mol. The maximum absolute atomic E-state index is 12.8. The Labute approximate surface area is 167 Å². The van der Waals surface area contributed by atoms with Gasteiger partial charge in [-0.2, -0.15) is 0 Å². The van der Waals surface area contributed by atoms with Crippen molar-refractivity contribution in [3.05, 3.63) is 69.9 Å². The molecule has 29 heavy (non-hydrogen) atoms. The normalized spacial score (nSPS) is 10.7. The standard InChI is InChI=1S/C22H21NO6/c1-14-19(25)16-9-6-10-17(22(26)28-13-18(24)23-11-12-27-2)21(16)29-20(14)15-7-4-3-5-8-15/h3-10H,11-13H2,1-2H3,(H,23,24). The van der Waals surface area contributed by atoms with E-state index in [1.54, 1.807) is 19.1 Å². The highest BCUT2D eigenvalue weighted by Gasteiger charge is 2.19. The number of fused-ring (bicyclic) bond motifs is 1. The van der Waals surface area contributed by atoms with E-state index in [1.165, 1.54) is 13.2 Å². The van der Waals surface area contributed by atoms with Crippen molar-refractivity contribution in [1.29, 1.82) is 0 Å². The zero-order valence-electron chi connectivity index (χ0n) is 16.2. The summed E-state index contributed by atoms with van der Waals surface area (Å²) in [5, 5.41) is 2.84. The van der Waals surface area contributed by atoms with Gasteiger partial charge in [0, 0.05) is 24.8 Å². The SMILES string of the molecule is COCCNC(=O)COC(=O)c1cccc2c(=O)c(C)c(-c3ccccc3)oc12. The molecule has 0 fully saturated rings. The Balaban J connectivity index is 1.92. The summed E-state index contributed by atoms with van der Waals surface area (Å²) >= 11 is 0. The minimum absolute atomic E-state index is 0.0847. The van der Waals surface area contributed by atoms with Crippen molar-refractivity contribution in [1.82, 2.24) is 5.32 Å². The number of rotatable bonds is 7. The number of nitrogens with one attached hydrogen (secondary N) is 1. The van der Waals surface area contributed by atoms with Crippen LogP contribution < -0.4 is 10.7 Å². The van der Waals surface area contributed by atoms with Gasteiger partial charge in [-0.3, -0.25) is 9.59 Å². The van der Waals surface area contributed by atoms with E-state index in [9.17, 15) is 14.4 Å². The number of carbonyl (C=O) groups excluding carboxylic acids is 2. The van der Waals surface area contributed by atoms with E-state index in [1.807, 2.05) is 30.3 Å². The predicted octanol–water partition coefficient (Wildman–Crippen LogP) is 2.69. The van der Waals surface area contributed by atoms with Crippen LogP contribution in [0.25, 0.3) is 22.3 Å². The van der Waals surface area contributed by atoms with Crippen LogP contribution in [0.4, 0.5) is 0 Å². The molecule has 1 N–H and O–H groups in total. The molecule has 1 heterocycles. The molecular weight excluding hydrogens is 374 g/mol. The largest absolute Gasteiger partial charge is 0.455 e. The van der Waals surface area contributed by atoms with Crippen molar-refractivity contribution in [3.63, 3.8) is 0 Å². The third-order valence-electron chi connectivity index (χ3n) is 4.36. The van der Waals surface area contributed by atoms with Gasteiger partial charge in [0.1, 0.15) is 11.3 Å². The molecule has 0 saturated heterocycles. The Hall–Kier alpha value is -3.45. The number of amides is 1. The number of carbonyl (C=O) groups is 2. The van der Waals surface area contributed by atoms with Gasteiger partial charge in [0.05, 0.1) is 12.0 Å². The molecule has 0 aliphatic heterocycles. The second kappa shape index (κ2) is 9.16. The Kier molecular flexibility index (Phi) is 6.41. The maximum atomic E-state index is 12.8. The molecule has 2 aromatic carbocycles. The van der Waals surface area contributed by atoms with Crippen LogP contribution in [0.15, 0.2) is 57.7 Å². The average Bonchev–Trinajstić information content (AvgIpc) is 2.75. The first kappa shape index (κ1) is 20.3. The number of methoxy groups -OCH3 is 1. The first-order valence-corrected chi connectivity index (χ1v) is 9.07. The van der Waals surface area contributed by atoms with Crippen molar-refractivity contribution in [2.75, 3.05) is 26.9 Å². The molecule has 1 amide bonds. The van der Waals surface area contributed by atoms with Crippen LogP contribution in [-0.2, 0) is 14.3 Å². The van der Waals surface area contributed by atoms with Crippen molar-refractivity contribution in [2.45, 2.75) is 6.92 Å². The second-order valence-corrected chi connectivity index (χ2v) is 6.35. The lowest BCUT2D eigenvalue weighted by Gasteiger charge is -2.10. The van der Waals surface area contributed by atoms with Crippen molar-refractivity contribution in [3.8, 4) is 11.3 Å². The fourth-order valence-corrected chi connectivity index (χ4v) is 2.89. The van der Waals surface area contributed by atoms with Crippen LogP contribution in [-0.4, -0.2) is 38.7 Å². The molecule has 7 heteroatoms. The summed E-state index contributed by atoms with van der Waals surface area (Å²) in [6.45, 7) is 1.91. The Bertz CT molecular complexity index is 1090. The lowest BCUT2D eigenvalue weighted by Crippen LogP contribution is -2.31. The molecule has 0 spiro atoms. The molecule has 0 bridgehead atoms. The third kappa shape index (κ3) is 4.52. The smallest absolute Gasteiger partial charge is 0.342 e. The summed E-state index contributed by atoms with van der Waals surface area (Å²) in [4.78, 5) is 37.1. The number of hydrogen-bond acceptors (Lipinski definition) is 6. The highest BCUT2D eigenvalue weighted by molar-refractivity contribution is 6.02. The van der Waals surface area contributed by atoms with Crippen LogP contribution in [0.5, 0.6) is 0 Å². The maximum Gasteiger partial charge on any atom is 0.342 e. The van der Waals surface area contributed by atoms with Crippen molar-refractivity contribution in [2.24, 2.45) is 0 Å². The summed E-state index contributed by atoms with van der Waals surface area (Å²) in [6, 6.07) is 13.8.